The summed E-state index contributed by atoms with van der Waals surface area (Å²) in [6.07, 6.45) is 3.74. The van der Waals surface area contributed by atoms with Crippen LogP contribution in [0.15, 0.2) is 11.6 Å². The Hall–Kier alpha value is -2.02. The molecular formula is C17H24N6S. The van der Waals surface area contributed by atoms with E-state index < -0.39 is 0 Å². The quantitative estimate of drug-likeness (QED) is 0.684. The van der Waals surface area contributed by atoms with Crippen LogP contribution in [0.2, 0.25) is 0 Å². The highest BCUT2D eigenvalue weighted by Crippen LogP contribution is 2.25. The maximum absolute atomic E-state index is 4.78. The molecule has 3 aromatic heterocycles. The Balaban J connectivity index is 1.94. The molecule has 0 radical (unpaired) electrons. The largest absolute Gasteiger partial charge is 0.353 e. The van der Waals surface area contributed by atoms with Gasteiger partial charge in [-0.3, -0.25) is 4.68 Å². The summed E-state index contributed by atoms with van der Waals surface area (Å²) in [4.78, 5) is 16.3. The van der Waals surface area contributed by atoms with Gasteiger partial charge in [0.25, 0.3) is 0 Å². The summed E-state index contributed by atoms with van der Waals surface area (Å²) in [6, 6.07) is 0. The van der Waals surface area contributed by atoms with Gasteiger partial charge in [0.15, 0.2) is 5.65 Å². The van der Waals surface area contributed by atoms with Gasteiger partial charge in [0.1, 0.15) is 11.6 Å². The average molecular weight is 344 g/mol. The third kappa shape index (κ3) is 3.26. The molecule has 0 saturated heterocycles. The van der Waals surface area contributed by atoms with E-state index in [1.54, 1.807) is 11.3 Å². The summed E-state index contributed by atoms with van der Waals surface area (Å²) in [5.74, 6) is 2.27. The molecule has 0 N–H and O–H groups in total. The first-order chi connectivity index (χ1) is 11.5. The van der Waals surface area contributed by atoms with Crippen LogP contribution in [0, 0.1) is 0 Å². The van der Waals surface area contributed by atoms with Crippen LogP contribution in [0.1, 0.15) is 49.6 Å². The zero-order valence-corrected chi connectivity index (χ0v) is 15.8. The van der Waals surface area contributed by atoms with E-state index in [1.165, 1.54) is 5.01 Å². The van der Waals surface area contributed by atoms with Crippen molar-refractivity contribution in [3.05, 3.63) is 28.1 Å². The van der Waals surface area contributed by atoms with Crippen LogP contribution in [0.5, 0.6) is 0 Å². The topological polar surface area (TPSA) is 59.7 Å². The molecule has 0 bridgehead atoms. The van der Waals surface area contributed by atoms with Gasteiger partial charge in [0.2, 0.25) is 0 Å². The van der Waals surface area contributed by atoms with Crippen LogP contribution < -0.4 is 4.90 Å². The second-order valence-corrected chi connectivity index (χ2v) is 7.30. The molecule has 0 fully saturated rings. The molecule has 6 nitrogen and oxygen atoms in total. The number of thiazole rings is 1. The highest BCUT2D eigenvalue weighted by atomic mass is 32.1. The summed E-state index contributed by atoms with van der Waals surface area (Å²) in [5.41, 5.74) is 1.97. The smallest absolute Gasteiger partial charge is 0.163 e. The van der Waals surface area contributed by atoms with Crippen molar-refractivity contribution >= 4 is 28.2 Å². The van der Waals surface area contributed by atoms with E-state index in [9.17, 15) is 0 Å². The number of anilines is 1. The minimum Gasteiger partial charge on any atom is -0.353 e. The van der Waals surface area contributed by atoms with Crippen molar-refractivity contribution in [1.82, 2.24) is 24.7 Å². The monoisotopic (exact) mass is 344 g/mol. The molecule has 0 aliphatic rings. The Labute approximate surface area is 146 Å². The molecule has 0 saturated carbocycles. The zero-order chi connectivity index (χ0) is 17.3. The van der Waals surface area contributed by atoms with Crippen molar-refractivity contribution < 1.29 is 0 Å². The molecule has 3 rings (SSSR count). The lowest BCUT2D eigenvalue weighted by molar-refractivity contribution is 0.768. The van der Waals surface area contributed by atoms with Crippen LogP contribution in [0.25, 0.3) is 11.0 Å². The van der Waals surface area contributed by atoms with Gasteiger partial charge in [-0.2, -0.15) is 5.10 Å². The number of nitrogens with zero attached hydrogens (tertiary/aromatic N) is 6. The van der Waals surface area contributed by atoms with Crippen LogP contribution >= 0.6 is 11.3 Å². The van der Waals surface area contributed by atoms with E-state index in [1.807, 2.05) is 17.9 Å². The third-order valence-electron chi connectivity index (χ3n) is 3.92. The molecule has 0 aliphatic heterocycles. The Morgan fingerprint density at radius 2 is 2.04 bits per heavy atom. The number of fused-ring (bicyclic) bond motifs is 1. The molecule has 3 heterocycles. The summed E-state index contributed by atoms with van der Waals surface area (Å²) in [6.45, 7) is 7.22. The molecule has 7 heteroatoms. The lowest BCUT2D eigenvalue weighted by atomic mass is 10.2. The van der Waals surface area contributed by atoms with Crippen LogP contribution in [0.3, 0.4) is 0 Å². The fourth-order valence-corrected chi connectivity index (χ4v) is 3.48. The predicted octanol–water partition coefficient (Wildman–Crippen LogP) is 3.53. The molecule has 128 valence electrons. The van der Waals surface area contributed by atoms with Gasteiger partial charge in [0.05, 0.1) is 28.8 Å². The van der Waals surface area contributed by atoms with Crippen LogP contribution in [-0.4, -0.2) is 31.8 Å². The standard InChI is InChI=1S/C17H24N6S/c1-6-7-14-20-15(13-8-18-23(5)16(13)21-14)22(4)9-12-10-24-17(19-12)11(2)3/h8,10-11H,6-7,9H2,1-5H3. The first-order valence-corrected chi connectivity index (χ1v) is 9.21. The van der Waals surface area contributed by atoms with Crippen molar-refractivity contribution in [2.45, 2.75) is 46.1 Å². The fraction of sp³-hybridized carbons (Fsp3) is 0.529. The molecule has 0 spiro atoms. The van der Waals surface area contributed by atoms with E-state index in [0.29, 0.717) is 5.92 Å². The number of aromatic nitrogens is 5. The second kappa shape index (κ2) is 6.84. The average Bonchev–Trinajstić information content (AvgIpc) is 3.15. The number of hydrogen-bond acceptors (Lipinski definition) is 6. The van der Waals surface area contributed by atoms with Crippen molar-refractivity contribution in [2.75, 3.05) is 11.9 Å². The normalized spacial score (nSPS) is 11.6. The van der Waals surface area contributed by atoms with Gasteiger partial charge >= 0.3 is 0 Å². The number of hydrogen-bond donors (Lipinski definition) is 0. The SMILES string of the molecule is CCCc1nc(N(C)Cc2csc(C(C)C)n2)c2cnn(C)c2n1. The van der Waals surface area contributed by atoms with Crippen molar-refractivity contribution in [2.24, 2.45) is 7.05 Å². The lowest BCUT2D eigenvalue weighted by Gasteiger charge is -2.18. The molecule has 3 aromatic rings. The van der Waals surface area contributed by atoms with E-state index in [4.69, 9.17) is 9.97 Å². The van der Waals surface area contributed by atoms with E-state index in [-0.39, 0.29) is 0 Å². The first-order valence-electron chi connectivity index (χ1n) is 8.33. The van der Waals surface area contributed by atoms with Crippen molar-refractivity contribution in [3.63, 3.8) is 0 Å². The van der Waals surface area contributed by atoms with Gasteiger partial charge in [-0.05, 0) is 6.42 Å². The second-order valence-electron chi connectivity index (χ2n) is 6.41. The fourth-order valence-electron chi connectivity index (χ4n) is 2.66. The number of aryl methyl sites for hydroxylation is 2. The Morgan fingerprint density at radius 3 is 2.71 bits per heavy atom. The molecule has 0 unspecified atom stereocenters. The molecule has 0 aromatic carbocycles. The van der Waals surface area contributed by atoms with Gasteiger partial charge in [0, 0.05) is 31.8 Å². The molecule has 0 aliphatic carbocycles. The minimum atomic E-state index is 0.467. The third-order valence-corrected chi connectivity index (χ3v) is 5.11. The van der Waals surface area contributed by atoms with Gasteiger partial charge < -0.3 is 4.90 Å². The lowest BCUT2D eigenvalue weighted by Crippen LogP contribution is -2.19. The minimum absolute atomic E-state index is 0.467. The van der Waals surface area contributed by atoms with E-state index in [2.05, 4.69) is 48.2 Å². The molecule has 24 heavy (non-hydrogen) atoms. The van der Waals surface area contributed by atoms with Crippen LogP contribution in [0.4, 0.5) is 5.82 Å². The van der Waals surface area contributed by atoms with Crippen molar-refractivity contribution in [1.29, 1.82) is 0 Å². The van der Waals surface area contributed by atoms with Crippen LogP contribution in [-0.2, 0) is 20.0 Å². The molecule has 0 amide bonds. The Bertz CT molecular complexity index is 835. The Kier molecular flexibility index (Phi) is 4.80. The summed E-state index contributed by atoms with van der Waals surface area (Å²) in [7, 11) is 3.98. The maximum atomic E-state index is 4.78. The van der Waals surface area contributed by atoms with Gasteiger partial charge in [-0.25, -0.2) is 15.0 Å². The molecular weight excluding hydrogens is 320 g/mol. The van der Waals surface area contributed by atoms with Gasteiger partial charge in [-0.15, -0.1) is 11.3 Å². The van der Waals surface area contributed by atoms with Gasteiger partial charge in [-0.1, -0.05) is 20.8 Å². The summed E-state index contributed by atoms with van der Waals surface area (Å²) in [5, 5.41) is 8.65. The zero-order valence-electron chi connectivity index (χ0n) is 14.9. The highest BCUT2D eigenvalue weighted by molar-refractivity contribution is 7.09. The van der Waals surface area contributed by atoms with Crippen molar-refractivity contribution in [3.8, 4) is 0 Å². The Morgan fingerprint density at radius 1 is 1.25 bits per heavy atom. The highest BCUT2D eigenvalue weighted by Gasteiger charge is 2.16. The maximum Gasteiger partial charge on any atom is 0.163 e. The summed E-state index contributed by atoms with van der Waals surface area (Å²) >= 11 is 1.73. The predicted molar refractivity (Wildman–Crippen MR) is 98.6 cm³/mol. The van der Waals surface area contributed by atoms with E-state index >= 15 is 0 Å². The number of rotatable bonds is 6. The summed E-state index contributed by atoms with van der Waals surface area (Å²) < 4.78 is 1.81. The molecule has 0 atom stereocenters. The van der Waals surface area contributed by atoms with E-state index in [0.717, 1.165) is 47.8 Å². The first kappa shape index (κ1) is 16.8.